The lowest BCUT2D eigenvalue weighted by Gasteiger charge is -2.47. The molecule has 5 aromatic rings. The van der Waals surface area contributed by atoms with Gasteiger partial charge in [-0.3, -0.25) is 0 Å². The number of fused-ring (bicyclic) bond motifs is 1. The number of carbonyl (C=O) groups is 1. The summed E-state index contributed by atoms with van der Waals surface area (Å²) in [5.41, 5.74) is 2.76. The first-order chi connectivity index (χ1) is 31.1. The van der Waals surface area contributed by atoms with Crippen LogP contribution in [0, 0.1) is 0 Å². The molecule has 13 nitrogen and oxygen atoms in total. The van der Waals surface area contributed by atoms with Crippen LogP contribution in [0.4, 0.5) is 4.79 Å². The Kier molecular flexibility index (Phi) is 15.2. The summed E-state index contributed by atoms with van der Waals surface area (Å²) >= 11 is 0. The molecular formula is C51H58N2O11. The Balaban J connectivity index is 1.08. The van der Waals surface area contributed by atoms with Crippen molar-refractivity contribution in [1.82, 2.24) is 10.6 Å². The zero-order chi connectivity index (χ0) is 44.4. The Morgan fingerprint density at radius 3 is 1.50 bits per heavy atom. The normalized spacial score (nSPS) is 28.5. The van der Waals surface area contributed by atoms with Crippen molar-refractivity contribution in [3.05, 3.63) is 179 Å². The number of benzene rings is 5. The monoisotopic (exact) mass is 874 g/mol. The van der Waals surface area contributed by atoms with E-state index in [4.69, 9.17) is 37.9 Å². The molecule has 0 aromatic heterocycles. The zero-order valence-corrected chi connectivity index (χ0v) is 36.1. The highest BCUT2D eigenvalue weighted by molar-refractivity contribution is 5.75. The van der Waals surface area contributed by atoms with Gasteiger partial charge in [0, 0.05) is 0 Å². The minimum Gasteiger partial charge on any atom is -0.388 e. The topological polar surface area (TPSA) is 155 Å². The van der Waals surface area contributed by atoms with E-state index >= 15 is 0 Å². The van der Waals surface area contributed by atoms with E-state index in [1.54, 1.807) is 13.8 Å². The van der Waals surface area contributed by atoms with Gasteiger partial charge in [-0.15, -0.1) is 0 Å². The maximum atomic E-state index is 14.4. The summed E-state index contributed by atoms with van der Waals surface area (Å²) in [7, 11) is 0. The van der Waals surface area contributed by atoms with Crippen LogP contribution in [0.3, 0.4) is 0 Å². The SMILES string of the molecule is CC1(C)OC[C@]2(O)[C@H](NC(=O)N[C@H]3O[C@H](COCc4ccccc4)[C@@H](OCc4ccccc4)[C@H](OCc4ccccc4)[C@H]3OCc3ccccc3)[C@@H](O)[C@@H](OCc3ccccc3)[C@@H]2O1. The Labute approximate surface area is 374 Å². The van der Waals surface area contributed by atoms with Crippen LogP contribution >= 0.6 is 0 Å². The highest BCUT2D eigenvalue weighted by atomic mass is 16.7. The third kappa shape index (κ3) is 11.4. The molecule has 3 fully saturated rings. The van der Waals surface area contributed by atoms with Crippen LogP contribution < -0.4 is 10.6 Å². The fraction of sp³-hybridized carbons (Fsp3) is 0.392. The van der Waals surface area contributed by atoms with Crippen molar-refractivity contribution in [2.45, 2.75) is 113 Å². The van der Waals surface area contributed by atoms with Gasteiger partial charge in [-0.05, 0) is 41.7 Å². The van der Waals surface area contributed by atoms with Gasteiger partial charge in [-0.1, -0.05) is 152 Å². The van der Waals surface area contributed by atoms with E-state index in [2.05, 4.69) is 10.6 Å². The molecule has 0 spiro atoms. The molecule has 2 saturated heterocycles. The molecule has 0 bridgehead atoms. The highest BCUT2D eigenvalue weighted by Crippen LogP contribution is 2.42. The van der Waals surface area contributed by atoms with Gasteiger partial charge in [0.05, 0.1) is 52.3 Å². The Hall–Kier alpha value is -5.03. The van der Waals surface area contributed by atoms with E-state index in [1.165, 1.54) is 0 Å². The number of amides is 2. The second-order valence-electron chi connectivity index (χ2n) is 16.9. The van der Waals surface area contributed by atoms with Crippen LogP contribution in [0.25, 0.3) is 0 Å². The summed E-state index contributed by atoms with van der Waals surface area (Å²) in [6.07, 6.45) is -7.83. The van der Waals surface area contributed by atoms with Crippen LogP contribution in [0.1, 0.15) is 41.7 Å². The standard InChI is InChI=1S/C51H58N2O11/c1-50(2)62-34-51(56)46(41(54)43(47(51)64-50)59-30-37-22-12-5-13-23-37)52-49(55)53-48-45(61-32-39-26-16-7-17-27-39)44(60-31-38-24-14-6-15-25-38)42(58-29-36-20-10-4-11-21-36)40(63-48)33-57-28-35-18-8-3-9-19-35/h3-27,40-48,54,56H,28-34H2,1-2H3,(H2,52,53,55)/t40-,41+,42-,43-,44+,45-,46-,47+,48+,51+/m1/s1. The first kappa shape index (κ1) is 45.5. The second kappa shape index (κ2) is 21.3. The van der Waals surface area contributed by atoms with E-state index in [1.807, 2.05) is 152 Å². The fourth-order valence-electron chi connectivity index (χ4n) is 8.48. The molecule has 3 aliphatic rings. The largest absolute Gasteiger partial charge is 0.388 e. The van der Waals surface area contributed by atoms with Crippen LogP contribution in [0.2, 0.25) is 0 Å². The quantitative estimate of drug-likeness (QED) is 0.0797. The third-order valence-electron chi connectivity index (χ3n) is 11.8. The Morgan fingerprint density at radius 1 is 0.594 bits per heavy atom. The van der Waals surface area contributed by atoms with Crippen molar-refractivity contribution in [3.8, 4) is 0 Å². The van der Waals surface area contributed by atoms with E-state index in [0.717, 1.165) is 27.8 Å². The van der Waals surface area contributed by atoms with Gasteiger partial charge in [-0.25, -0.2) is 4.79 Å². The lowest BCUT2D eigenvalue weighted by Crippen LogP contribution is -2.68. The van der Waals surface area contributed by atoms with Crippen molar-refractivity contribution < 1.29 is 52.9 Å². The van der Waals surface area contributed by atoms with Gasteiger partial charge in [0.25, 0.3) is 0 Å². The third-order valence-corrected chi connectivity index (χ3v) is 11.8. The van der Waals surface area contributed by atoms with Gasteiger partial charge in [0.1, 0.15) is 48.3 Å². The predicted octanol–water partition coefficient (Wildman–Crippen LogP) is 6.19. The van der Waals surface area contributed by atoms with Gasteiger partial charge in [-0.2, -0.15) is 0 Å². The summed E-state index contributed by atoms with van der Waals surface area (Å²) in [6, 6.07) is 46.6. The van der Waals surface area contributed by atoms with Crippen LogP contribution in [0.5, 0.6) is 0 Å². The van der Waals surface area contributed by atoms with Gasteiger partial charge < -0.3 is 58.7 Å². The number of ether oxygens (including phenoxy) is 8. The number of aliphatic hydroxyl groups excluding tert-OH is 1. The molecule has 64 heavy (non-hydrogen) atoms. The summed E-state index contributed by atoms with van der Waals surface area (Å²) < 4.78 is 51.8. The smallest absolute Gasteiger partial charge is 0.317 e. The molecule has 2 amide bonds. The molecule has 4 N–H and O–H groups in total. The molecule has 5 aromatic carbocycles. The van der Waals surface area contributed by atoms with E-state index in [0.29, 0.717) is 6.61 Å². The number of carbonyl (C=O) groups excluding carboxylic acids is 1. The van der Waals surface area contributed by atoms with Crippen LogP contribution in [-0.4, -0.2) is 95.8 Å². The van der Waals surface area contributed by atoms with Crippen LogP contribution in [-0.2, 0) is 70.9 Å². The van der Waals surface area contributed by atoms with Gasteiger partial charge >= 0.3 is 6.03 Å². The van der Waals surface area contributed by atoms with Crippen molar-refractivity contribution in [3.63, 3.8) is 0 Å². The summed E-state index contributed by atoms with van der Waals surface area (Å²) in [5.74, 6) is -1.09. The summed E-state index contributed by atoms with van der Waals surface area (Å²) in [6.45, 7) is 4.36. The molecule has 13 heteroatoms. The molecule has 2 aliphatic heterocycles. The minimum absolute atomic E-state index is 0.0818. The average Bonchev–Trinajstić information content (AvgIpc) is 3.51. The lowest BCUT2D eigenvalue weighted by atomic mass is 9.94. The number of aliphatic hydroxyl groups is 2. The lowest BCUT2D eigenvalue weighted by molar-refractivity contribution is -0.340. The van der Waals surface area contributed by atoms with Crippen molar-refractivity contribution in [2.75, 3.05) is 13.2 Å². The maximum Gasteiger partial charge on any atom is 0.317 e. The molecule has 2 heterocycles. The van der Waals surface area contributed by atoms with E-state index < -0.39 is 72.4 Å². The molecule has 1 saturated carbocycles. The summed E-state index contributed by atoms with van der Waals surface area (Å²) in [5, 5.41) is 30.0. The van der Waals surface area contributed by atoms with E-state index in [-0.39, 0.29) is 39.6 Å². The first-order valence-electron chi connectivity index (χ1n) is 21.8. The zero-order valence-electron chi connectivity index (χ0n) is 36.1. The minimum atomic E-state index is -1.87. The Bertz CT molecular complexity index is 2170. The second-order valence-corrected chi connectivity index (χ2v) is 16.9. The summed E-state index contributed by atoms with van der Waals surface area (Å²) in [4.78, 5) is 14.4. The van der Waals surface area contributed by atoms with Crippen LogP contribution in [0.15, 0.2) is 152 Å². The fourth-order valence-corrected chi connectivity index (χ4v) is 8.48. The number of nitrogens with one attached hydrogen (secondary N) is 2. The average molecular weight is 875 g/mol. The van der Waals surface area contributed by atoms with Crippen molar-refractivity contribution in [1.29, 1.82) is 0 Å². The first-order valence-corrected chi connectivity index (χ1v) is 21.8. The molecule has 0 radical (unpaired) electrons. The molecule has 0 unspecified atom stereocenters. The molecule has 338 valence electrons. The molecule has 8 rings (SSSR count). The van der Waals surface area contributed by atoms with Gasteiger partial charge in [0.15, 0.2) is 12.0 Å². The number of hydrogen-bond acceptors (Lipinski definition) is 11. The number of rotatable bonds is 18. The highest BCUT2D eigenvalue weighted by Gasteiger charge is 2.65. The molecule has 10 atom stereocenters. The number of urea groups is 1. The predicted molar refractivity (Wildman–Crippen MR) is 236 cm³/mol. The Morgan fingerprint density at radius 2 is 1.02 bits per heavy atom. The molecule has 1 aliphatic carbocycles. The van der Waals surface area contributed by atoms with E-state index in [9.17, 15) is 15.0 Å². The molecular weight excluding hydrogens is 817 g/mol. The maximum absolute atomic E-state index is 14.4. The van der Waals surface area contributed by atoms with Crippen molar-refractivity contribution in [2.24, 2.45) is 0 Å². The van der Waals surface area contributed by atoms with Crippen molar-refractivity contribution >= 4 is 6.03 Å². The van der Waals surface area contributed by atoms with Gasteiger partial charge in [0.2, 0.25) is 0 Å². The number of hydrogen-bond donors (Lipinski definition) is 4.